The first-order valence-electron chi connectivity index (χ1n) is 11.0. The fraction of sp³-hybridized carbons (Fsp3) is 0.500. The van der Waals surface area contributed by atoms with Crippen molar-refractivity contribution in [1.82, 2.24) is 20.5 Å². The number of likely N-dealkylation sites (tertiary alicyclic amines) is 1. The molecule has 7 nitrogen and oxygen atoms in total. The summed E-state index contributed by atoms with van der Waals surface area (Å²) in [5, 5.41) is 6.88. The molecule has 0 bridgehead atoms. The second-order valence-electron chi connectivity index (χ2n) is 7.98. The average Bonchev–Trinajstić information content (AvgIpc) is 3.31. The lowest BCUT2D eigenvalue weighted by Crippen LogP contribution is -2.42. The second-order valence-corrected chi connectivity index (χ2v) is 7.98. The van der Waals surface area contributed by atoms with Gasteiger partial charge in [0.05, 0.1) is 19.3 Å². The fourth-order valence-electron chi connectivity index (χ4n) is 3.86. The van der Waals surface area contributed by atoms with Crippen LogP contribution in [-0.4, -0.2) is 55.7 Å². The first-order valence-corrected chi connectivity index (χ1v) is 11.0. The Hall–Kier alpha value is -2.80. The number of guanidine groups is 1. The van der Waals surface area contributed by atoms with Crippen LogP contribution in [0.5, 0.6) is 11.6 Å². The third kappa shape index (κ3) is 6.59. The number of ether oxygens (including phenoxy) is 2. The Balaban J connectivity index is 1.60. The maximum absolute atomic E-state index is 5.64. The predicted octanol–water partition coefficient (Wildman–Crippen LogP) is 3.38. The lowest BCUT2D eigenvalue weighted by Gasteiger charge is -2.30. The lowest BCUT2D eigenvalue weighted by atomic mass is 10.0. The molecule has 1 aromatic heterocycles. The van der Waals surface area contributed by atoms with Crippen LogP contribution in [0.15, 0.2) is 47.6 Å². The number of methoxy groups -OCH3 is 1. The lowest BCUT2D eigenvalue weighted by molar-refractivity contribution is 0.232. The molecule has 168 valence electrons. The Bertz CT molecular complexity index is 832. The zero-order valence-corrected chi connectivity index (χ0v) is 19.1. The highest BCUT2D eigenvalue weighted by Crippen LogP contribution is 2.31. The van der Waals surface area contributed by atoms with Gasteiger partial charge in [-0.25, -0.2) is 4.98 Å². The molecular formula is C24H35N5O2. The first-order chi connectivity index (χ1) is 15.1. The maximum atomic E-state index is 5.64. The van der Waals surface area contributed by atoms with E-state index in [1.165, 1.54) is 18.4 Å². The van der Waals surface area contributed by atoms with Gasteiger partial charge in [-0.1, -0.05) is 24.3 Å². The van der Waals surface area contributed by atoms with Gasteiger partial charge < -0.3 is 20.1 Å². The van der Waals surface area contributed by atoms with Crippen molar-refractivity contribution in [3.05, 3.63) is 53.7 Å². The third-order valence-corrected chi connectivity index (χ3v) is 5.38. The van der Waals surface area contributed by atoms with Gasteiger partial charge in [0.15, 0.2) is 5.96 Å². The number of aliphatic imine (C=N–C) groups is 1. The van der Waals surface area contributed by atoms with E-state index in [1.807, 2.05) is 44.3 Å². The standard InChI is InChI=1S/C24H35N5O2/c1-18(2)31-23-12-11-19(15-26-23)16-27-24(25-3)28-17-21(29-13-7-8-14-29)20-9-5-6-10-22(20)30-4/h5-6,9-12,15,18,21H,7-8,13-14,16-17H2,1-4H3,(H2,25,27,28). The number of rotatable bonds is 9. The highest BCUT2D eigenvalue weighted by atomic mass is 16.5. The van der Waals surface area contributed by atoms with Gasteiger partial charge in [-0.05, 0) is 51.4 Å². The zero-order valence-electron chi connectivity index (χ0n) is 19.1. The average molecular weight is 426 g/mol. The molecule has 0 aliphatic carbocycles. The van der Waals surface area contributed by atoms with Crippen LogP contribution in [0.1, 0.15) is 43.9 Å². The van der Waals surface area contributed by atoms with Crippen molar-refractivity contribution in [3.63, 3.8) is 0 Å². The molecule has 1 saturated heterocycles. The quantitative estimate of drug-likeness (QED) is 0.474. The molecule has 3 rings (SSSR count). The van der Waals surface area contributed by atoms with Gasteiger partial charge in [0.2, 0.25) is 5.88 Å². The van der Waals surface area contributed by atoms with Gasteiger partial charge in [-0.3, -0.25) is 9.89 Å². The van der Waals surface area contributed by atoms with Gasteiger partial charge in [0.1, 0.15) is 5.75 Å². The molecule has 0 amide bonds. The van der Waals surface area contributed by atoms with Gasteiger partial charge in [-0.2, -0.15) is 0 Å². The molecule has 1 unspecified atom stereocenters. The van der Waals surface area contributed by atoms with Crippen molar-refractivity contribution in [2.24, 2.45) is 4.99 Å². The van der Waals surface area contributed by atoms with E-state index in [4.69, 9.17) is 9.47 Å². The number of para-hydroxylation sites is 1. The van der Waals surface area contributed by atoms with Gasteiger partial charge in [-0.15, -0.1) is 0 Å². The summed E-state index contributed by atoms with van der Waals surface area (Å²) in [7, 11) is 3.53. The van der Waals surface area contributed by atoms with Crippen LogP contribution in [0.3, 0.4) is 0 Å². The monoisotopic (exact) mass is 425 g/mol. The molecule has 1 aromatic carbocycles. The number of hydrogen-bond acceptors (Lipinski definition) is 5. The van der Waals surface area contributed by atoms with E-state index in [-0.39, 0.29) is 12.1 Å². The highest BCUT2D eigenvalue weighted by molar-refractivity contribution is 5.79. The molecular weight excluding hydrogens is 390 g/mol. The van der Waals surface area contributed by atoms with Crippen molar-refractivity contribution in [2.75, 3.05) is 33.8 Å². The summed E-state index contributed by atoms with van der Waals surface area (Å²) in [4.78, 5) is 11.3. The van der Waals surface area contributed by atoms with E-state index in [9.17, 15) is 0 Å². The molecule has 2 N–H and O–H groups in total. The molecule has 0 radical (unpaired) electrons. The normalized spacial score (nSPS) is 15.7. The largest absolute Gasteiger partial charge is 0.496 e. The topological polar surface area (TPSA) is 71.0 Å². The Morgan fingerprint density at radius 1 is 1.13 bits per heavy atom. The molecule has 1 aliphatic heterocycles. The Labute approximate surface area is 185 Å². The molecule has 2 heterocycles. The number of benzene rings is 1. The number of aromatic nitrogens is 1. The number of hydrogen-bond donors (Lipinski definition) is 2. The number of nitrogens with one attached hydrogen (secondary N) is 2. The van der Waals surface area contributed by atoms with Crippen LogP contribution >= 0.6 is 0 Å². The molecule has 2 aromatic rings. The van der Waals surface area contributed by atoms with Crippen LogP contribution in [0, 0.1) is 0 Å². The molecule has 1 aliphatic rings. The molecule has 1 atom stereocenters. The van der Waals surface area contributed by atoms with Gasteiger partial charge in [0.25, 0.3) is 0 Å². The second kappa shape index (κ2) is 11.6. The van der Waals surface area contributed by atoms with E-state index in [1.54, 1.807) is 14.2 Å². The van der Waals surface area contributed by atoms with E-state index in [0.29, 0.717) is 12.4 Å². The van der Waals surface area contributed by atoms with E-state index in [0.717, 1.165) is 36.9 Å². The van der Waals surface area contributed by atoms with Crippen molar-refractivity contribution in [3.8, 4) is 11.6 Å². The molecule has 1 fully saturated rings. The Morgan fingerprint density at radius 2 is 1.90 bits per heavy atom. The number of pyridine rings is 1. The third-order valence-electron chi connectivity index (χ3n) is 5.38. The number of nitrogens with zero attached hydrogens (tertiary/aromatic N) is 3. The van der Waals surface area contributed by atoms with Gasteiger partial charge >= 0.3 is 0 Å². The minimum absolute atomic E-state index is 0.117. The molecule has 0 spiro atoms. The van der Waals surface area contributed by atoms with Crippen LogP contribution < -0.4 is 20.1 Å². The fourth-order valence-corrected chi connectivity index (χ4v) is 3.86. The van der Waals surface area contributed by atoms with Crippen molar-refractivity contribution in [2.45, 2.75) is 45.4 Å². The minimum atomic E-state index is 0.117. The highest BCUT2D eigenvalue weighted by Gasteiger charge is 2.26. The minimum Gasteiger partial charge on any atom is -0.496 e. The summed E-state index contributed by atoms with van der Waals surface area (Å²) in [6.45, 7) is 7.58. The van der Waals surface area contributed by atoms with E-state index >= 15 is 0 Å². The summed E-state index contributed by atoms with van der Waals surface area (Å²) < 4.78 is 11.2. The van der Waals surface area contributed by atoms with Crippen LogP contribution in [0.25, 0.3) is 0 Å². The molecule has 7 heteroatoms. The van der Waals surface area contributed by atoms with Crippen LogP contribution in [0.4, 0.5) is 0 Å². The zero-order chi connectivity index (χ0) is 22.1. The Kier molecular flexibility index (Phi) is 8.53. The van der Waals surface area contributed by atoms with Crippen molar-refractivity contribution in [1.29, 1.82) is 0 Å². The first kappa shape index (κ1) is 22.9. The van der Waals surface area contributed by atoms with Gasteiger partial charge in [0, 0.05) is 38.0 Å². The summed E-state index contributed by atoms with van der Waals surface area (Å²) in [6, 6.07) is 12.4. The maximum Gasteiger partial charge on any atom is 0.213 e. The van der Waals surface area contributed by atoms with E-state index < -0.39 is 0 Å². The predicted molar refractivity (Wildman–Crippen MR) is 125 cm³/mol. The van der Waals surface area contributed by atoms with Crippen LogP contribution in [0.2, 0.25) is 0 Å². The van der Waals surface area contributed by atoms with Crippen LogP contribution in [-0.2, 0) is 6.54 Å². The Morgan fingerprint density at radius 3 is 2.55 bits per heavy atom. The summed E-state index contributed by atoms with van der Waals surface area (Å²) >= 11 is 0. The smallest absolute Gasteiger partial charge is 0.213 e. The van der Waals surface area contributed by atoms with Crippen molar-refractivity contribution < 1.29 is 9.47 Å². The summed E-state index contributed by atoms with van der Waals surface area (Å²) in [5.74, 6) is 2.34. The van der Waals surface area contributed by atoms with E-state index in [2.05, 4.69) is 37.6 Å². The SMILES string of the molecule is CN=C(NCc1ccc(OC(C)C)nc1)NCC(c1ccccc1OC)N1CCCC1. The van der Waals surface area contributed by atoms with Crippen molar-refractivity contribution >= 4 is 5.96 Å². The molecule has 31 heavy (non-hydrogen) atoms. The molecule has 0 saturated carbocycles. The summed E-state index contributed by atoms with van der Waals surface area (Å²) in [5.41, 5.74) is 2.28. The summed E-state index contributed by atoms with van der Waals surface area (Å²) in [6.07, 6.45) is 4.43.